The van der Waals surface area contributed by atoms with Gasteiger partial charge in [-0.15, -0.1) is 0 Å². The molecule has 0 fully saturated rings. The van der Waals surface area contributed by atoms with Crippen LogP contribution in [0, 0.1) is 5.41 Å². The van der Waals surface area contributed by atoms with E-state index in [1.54, 1.807) is 13.8 Å². The second-order valence-corrected chi connectivity index (χ2v) is 8.90. The maximum atomic E-state index is 12.7. The summed E-state index contributed by atoms with van der Waals surface area (Å²) in [5, 5.41) is 14.4. The predicted molar refractivity (Wildman–Crippen MR) is 129 cm³/mol. The highest BCUT2D eigenvalue weighted by Crippen LogP contribution is 2.44. The molecule has 0 atom stereocenters. The number of anilines is 1. The van der Waals surface area contributed by atoms with Gasteiger partial charge in [-0.1, -0.05) is 48.5 Å². The van der Waals surface area contributed by atoms with Crippen molar-refractivity contribution < 1.29 is 24.2 Å². The Morgan fingerprint density at radius 2 is 1.44 bits per heavy atom. The zero-order valence-electron chi connectivity index (χ0n) is 19.0. The zero-order valence-corrected chi connectivity index (χ0v) is 19.0. The van der Waals surface area contributed by atoms with E-state index in [0.29, 0.717) is 5.69 Å². The van der Waals surface area contributed by atoms with E-state index in [9.17, 15) is 14.4 Å². The zero-order chi connectivity index (χ0) is 24.3. The van der Waals surface area contributed by atoms with Crippen LogP contribution in [0.3, 0.4) is 0 Å². The van der Waals surface area contributed by atoms with Crippen LogP contribution in [0.4, 0.5) is 10.5 Å². The van der Waals surface area contributed by atoms with Crippen LogP contribution < -0.4 is 10.6 Å². The van der Waals surface area contributed by atoms with Crippen molar-refractivity contribution in [2.24, 2.45) is 5.41 Å². The van der Waals surface area contributed by atoms with E-state index in [-0.39, 0.29) is 30.5 Å². The van der Waals surface area contributed by atoms with E-state index in [1.807, 2.05) is 24.3 Å². The second-order valence-electron chi connectivity index (χ2n) is 8.90. The van der Waals surface area contributed by atoms with E-state index >= 15 is 0 Å². The first-order valence-corrected chi connectivity index (χ1v) is 11.0. The van der Waals surface area contributed by atoms with E-state index < -0.39 is 17.5 Å². The van der Waals surface area contributed by atoms with Gasteiger partial charge >= 0.3 is 12.1 Å². The van der Waals surface area contributed by atoms with Gasteiger partial charge in [0.15, 0.2) is 0 Å². The number of hydrogen-bond donors (Lipinski definition) is 3. The number of amides is 2. The average molecular weight is 459 g/mol. The van der Waals surface area contributed by atoms with Crippen molar-refractivity contribution in [3.8, 4) is 11.1 Å². The third kappa shape index (κ3) is 4.78. The largest absolute Gasteiger partial charge is 0.478 e. The lowest BCUT2D eigenvalue weighted by molar-refractivity contribution is -0.123. The van der Waals surface area contributed by atoms with Crippen LogP contribution in [0.25, 0.3) is 11.1 Å². The molecule has 174 valence electrons. The molecule has 0 aliphatic heterocycles. The van der Waals surface area contributed by atoms with Crippen LogP contribution in [0.1, 0.15) is 41.3 Å². The molecule has 1 aliphatic carbocycles. The highest BCUT2D eigenvalue weighted by atomic mass is 16.5. The number of rotatable bonds is 7. The monoisotopic (exact) mass is 458 g/mol. The summed E-state index contributed by atoms with van der Waals surface area (Å²) in [6.07, 6.45) is -0.589. The third-order valence-corrected chi connectivity index (χ3v) is 6.02. The van der Waals surface area contributed by atoms with Gasteiger partial charge in [0.1, 0.15) is 6.61 Å². The molecule has 0 bridgehead atoms. The smallest absolute Gasteiger partial charge is 0.407 e. The Labute approximate surface area is 197 Å². The van der Waals surface area contributed by atoms with Crippen LogP contribution in [0.5, 0.6) is 0 Å². The number of hydrogen-bond acceptors (Lipinski definition) is 4. The summed E-state index contributed by atoms with van der Waals surface area (Å²) in [6, 6.07) is 22.1. The SMILES string of the molecule is CC(C)(CNC(=O)OCC1c2ccccc2-c2ccccc21)C(=O)Nc1ccc(C(=O)O)cc1. The van der Waals surface area contributed by atoms with Crippen LogP contribution >= 0.6 is 0 Å². The van der Waals surface area contributed by atoms with Gasteiger partial charge in [0.2, 0.25) is 5.91 Å². The summed E-state index contributed by atoms with van der Waals surface area (Å²) in [5.41, 5.74) is 4.26. The minimum absolute atomic E-state index is 0.0387. The van der Waals surface area contributed by atoms with Crippen LogP contribution in [-0.4, -0.2) is 36.2 Å². The van der Waals surface area contributed by atoms with Crippen LogP contribution in [0.15, 0.2) is 72.8 Å². The first-order valence-electron chi connectivity index (χ1n) is 11.0. The molecule has 0 aromatic heterocycles. The molecule has 0 heterocycles. The van der Waals surface area contributed by atoms with E-state index in [0.717, 1.165) is 22.3 Å². The first-order chi connectivity index (χ1) is 16.3. The summed E-state index contributed by atoms with van der Waals surface area (Å²) >= 11 is 0. The van der Waals surface area contributed by atoms with Crippen molar-refractivity contribution in [1.29, 1.82) is 0 Å². The Hall–Kier alpha value is -4.13. The summed E-state index contributed by atoms with van der Waals surface area (Å²) < 4.78 is 5.53. The summed E-state index contributed by atoms with van der Waals surface area (Å²) in [4.78, 5) is 36.1. The van der Waals surface area contributed by atoms with Crippen molar-refractivity contribution in [2.45, 2.75) is 19.8 Å². The Kier molecular flexibility index (Phi) is 6.36. The molecule has 0 unspecified atom stereocenters. The van der Waals surface area contributed by atoms with E-state index in [4.69, 9.17) is 9.84 Å². The summed E-state index contributed by atoms with van der Waals surface area (Å²) in [6.45, 7) is 3.68. The number of nitrogens with one attached hydrogen (secondary N) is 2. The molecule has 4 rings (SSSR count). The Morgan fingerprint density at radius 1 is 0.882 bits per heavy atom. The molecule has 0 saturated carbocycles. The van der Waals surface area contributed by atoms with Gasteiger partial charge in [-0.3, -0.25) is 4.79 Å². The Morgan fingerprint density at radius 3 is 2.00 bits per heavy atom. The number of carboxylic acid groups (broad SMARTS) is 1. The minimum Gasteiger partial charge on any atom is -0.478 e. The van der Waals surface area contributed by atoms with Gasteiger partial charge < -0.3 is 20.5 Å². The highest BCUT2D eigenvalue weighted by Gasteiger charge is 2.31. The first kappa shape index (κ1) is 23.0. The lowest BCUT2D eigenvalue weighted by atomic mass is 9.92. The molecule has 3 aromatic rings. The van der Waals surface area contributed by atoms with Gasteiger partial charge in [0.05, 0.1) is 11.0 Å². The topological polar surface area (TPSA) is 105 Å². The van der Waals surface area contributed by atoms with Crippen molar-refractivity contribution in [2.75, 3.05) is 18.5 Å². The summed E-state index contributed by atoms with van der Waals surface area (Å²) in [5.74, 6) is -1.39. The third-order valence-electron chi connectivity index (χ3n) is 6.02. The predicted octanol–water partition coefficient (Wildman–Crippen LogP) is 4.89. The fraction of sp³-hybridized carbons (Fsp3) is 0.222. The van der Waals surface area contributed by atoms with Gasteiger partial charge in [-0.25, -0.2) is 9.59 Å². The second kappa shape index (κ2) is 9.39. The lowest BCUT2D eigenvalue weighted by Gasteiger charge is -2.24. The number of fused-ring (bicyclic) bond motifs is 3. The fourth-order valence-electron chi connectivity index (χ4n) is 4.02. The van der Waals surface area contributed by atoms with Crippen molar-refractivity contribution >= 4 is 23.7 Å². The number of benzene rings is 3. The van der Waals surface area contributed by atoms with Crippen molar-refractivity contribution in [3.05, 3.63) is 89.5 Å². The standard InChI is InChI=1S/C27H26N2O5/c1-27(2,25(32)29-18-13-11-17(12-14-18)24(30)31)16-28-26(33)34-15-23-21-9-5-3-7-19(21)20-8-4-6-10-22(20)23/h3-14,23H,15-16H2,1-2H3,(H,28,33)(H,29,32)(H,30,31). The molecule has 7 heteroatoms. The minimum atomic E-state index is -1.04. The number of carbonyl (C=O) groups excluding carboxylic acids is 2. The number of aromatic carboxylic acids is 1. The van der Waals surface area contributed by atoms with Crippen molar-refractivity contribution in [3.63, 3.8) is 0 Å². The quantitative estimate of drug-likeness (QED) is 0.468. The van der Waals surface area contributed by atoms with E-state index in [2.05, 4.69) is 34.9 Å². The van der Waals surface area contributed by atoms with Gasteiger partial charge in [0.25, 0.3) is 0 Å². The maximum absolute atomic E-state index is 12.7. The normalized spacial score (nSPS) is 12.4. The van der Waals surface area contributed by atoms with Crippen molar-refractivity contribution in [1.82, 2.24) is 5.32 Å². The molecule has 0 radical (unpaired) electrons. The molecular formula is C27H26N2O5. The molecule has 3 N–H and O–H groups in total. The number of alkyl carbamates (subject to hydrolysis) is 1. The molecule has 0 spiro atoms. The van der Waals surface area contributed by atoms with Crippen LogP contribution in [0.2, 0.25) is 0 Å². The lowest BCUT2D eigenvalue weighted by Crippen LogP contribution is -2.42. The number of carboxylic acids is 1. The number of carbonyl (C=O) groups is 3. The molecule has 7 nitrogen and oxygen atoms in total. The average Bonchev–Trinajstić information content (AvgIpc) is 3.15. The number of ether oxygens (including phenoxy) is 1. The summed E-state index contributed by atoms with van der Waals surface area (Å²) in [7, 11) is 0. The van der Waals surface area contributed by atoms with Gasteiger partial charge in [-0.05, 0) is 60.4 Å². The van der Waals surface area contributed by atoms with Gasteiger partial charge in [0, 0.05) is 18.2 Å². The molecule has 0 saturated heterocycles. The van der Waals surface area contributed by atoms with E-state index in [1.165, 1.54) is 24.3 Å². The fourth-order valence-corrected chi connectivity index (χ4v) is 4.02. The molecule has 34 heavy (non-hydrogen) atoms. The molecule has 3 aromatic carbocycles. The molecule has 1 aliphatic rings. The highest BCUT2D eigenvalue weighted by molar-refractivity contribution is 5.96. The molecule has 2 amide bonds. The Balaban J connectivity index is 1.32. The Bertz CT molecular complexity index is 1190. The van der Waals surface area contributed by atoms with Gasteiger partial charge in [-0.2, -0.15) is 0 Å². The maximum Gasteiger partial charge on any atom is 0.407 e. The molecular weight excluding hydrogens is 432 g/mol. The van der Waals surface area contributed by atoms with Crippen LogP contribution in [-0.2, 0) is 9.53 Å².